The molecule has 1 aliphatic rings. The number of anilines is 1. The van der Waals surface area contributed by atoms with Gasteiger partial charge in [-0.25, -0.2) is 4.39 Å². The highest BCUT2D eigenvalue weighted by molar-refractivity contribution is 7.17. The fraction of sp³-hybridized carbons (Fsp3) is 0.385. The smallest absolute Gasteiger partial charge is 0.124 e. The summed E-state index contributed by atoms with van der Waals surface area (Å²) in [6.45, 7) is 4.30. The predicted octanol–water partition coefficient (Wildman–Crippen LogP) is 2.79. The summed E-state index contributed by atoms with van der Waals surface area (Å²) in [4.78, 5) is 4.74. The lowest BCUT2D eigenvalue weighted by Gasteiger charge is -2.33. The van der Waals surface area contributed by atoms with Crippen LogP contribution in [0.15, 0.2) is 23.6 Å². The molecule has 0 bridgehead atoms. The Balaban J connectivity index is 1.95. The molecule has 0 N–H and O–H groups in total. The third-order valence-corrected chi connectivity index (χ3v) is 4.29. The fourth-order valence-corrected chi connectivity index (χ4v) is 3.28. The Labute approximate surface area is 104 Å². The van der Waals surface area contributed by atoms with Gasteiger partial charge in [0.2, 0.25) is 0 Å². The lowest BCUT2D eigenvalue weighted by molar-refractivity contribution is 0.313. The molecule has 1 aromatic carbocycles. The molecular formula is C13H15FN2S. The highest BCUT2D eigenvalue weighted by atomic mass is 32.1. The quantitative estimate of drug-likeness (QED) is 0.768. The van der Waals surface area contributed by atoms with Crippen molar-refractivity contribution in [2.45, 2.75) is 0 Å². The molecule has 17 heavy (non-hydrogen) atoms. The fourth-order valence-electron chi connectivity index (χ4n) is 2.28. The van der Waals surface area contributed by atoms with Crippen molar-refractivity contribution in [2.24, 2.45) is 0 Å². The number of thiophene rings is 1. The Bertz CT molecular complexity index is 529. The summed E-state index contributed by atoms with van der Waals surface area (Å²) in [5.74, 6) is -0.149. The van der Waals surface area contributed by atoms with E-state index in [1.54, 1.807) is 23.5 Å². The van der Waals surface area contributed by atoms with E-state index in [4.69, 9.17) is 0 Å². The van der Waals surface area contributed by atoms with E-state index in [0.29, 0.717) is 0 Å². The summed E-state index contributed by atoms with van der Waals surface area (Å²) < 4.78 is 14.2. The minimum absolute atomic E-state index is 0.149. The number of piperazine rings is 1. The molecule has 90 valence electrons. The molecule has 2 aromatic rings. The van der Waals surface area contributed by atoms with E-state index in [9.17, 15) is 4.39 Å². The van der Waals surface area contributed by atoms with Gasteiger partial charge < -0.3 is 9.80 Å². The van der Waals surface area contributed by atoms with Crippen molar-refractivity contribution in [3.05, 3.63) is 29.4 Å². The first-order valence-corrected chi connectivity index (χ1v) is 6.72. The van der Waals surface area contributed by atoms with Gasteiger partial charge in [0, 0.05) is 41.6 Å². The molecule has 1 aliphatic heterocycles. The van der Waals surface area contributed by atoms with E-state index < -0.39 is 0 Å². The van der Waals surface area contributed by atoms with Crippen LogP contribution in [-0.4, -0.2) is 38.1 Å². The van der Waals surface area contributed by atoms with Crippen LogP contribution in [-0.2, 0) is 0 Å². The molecule has 2 heterocycles. The Morgan fingerprint density at radius 1 is 1.18 bits per heavy atom. The Hall–Kier alpha value is -1.13. The lowest BCUT2D eigenvalue weighted by atomic mass is 10.2. The molecule has 0 saturated carbocycles. The minimum atomic E-state index is -0.149. The highest BCUT2D eigenvalue weighted by Crippen LogP contribution is 2.33. The molecule has 0 radical (unpaired) electrons. The zero-order valence-corrected chi connectivity index (χ0v) is 10.6. The van der Waals surface area contributed by atoms with Crippen LogP contribution in [0.1, 0.15) is 0 Å². The summed E-state index contributed by atoms with van der Waals surface area (Å²) in [7, 11) is 2.15. The maximum absolute atomic E-state index is 13.1. The van der Waals surface area contributed by atoms with Gasteiger partial charge in [0.15, 0.2) is 0 Å². The average Bonchev–Trinajstić information content (AvgIpc) is 2.73. The maximum Gasteiger partial charge on any atom is 0.124 e. The molecule has 4 heteroatoms. The van der Waals surface area contributed by atoms with Gasteiger partial charge in [0.1, 0.15) is 5.82 Å². The topological polar surface area (TPSA) is 6.48 Å². The number of rotatable bonds is 1. The third-order valence-electron chi connectivity index (χ3n) is 3.36. The van der Waals surface area contributed by atoms with Crippen molar-refractivity contribution in [3.63, 3.8) is 0 Å². The molecule has 0 amide bonds. The van der Waals surface area contributed by atoms with E-state index in [0.717, 1.165) is 30.9 Å². The van der Waals surface area contributed by atoms with Gasteiger partial charge in [-0.15, -0.1) is 11.3 Å². The maximum atomic E-state index is 13.1. The van der Waals surface area contributed by atoms with Gasteiger partial charge in [-0.05, 0) is 25.2 Å². The second-order valence-corrected chi connectivity index (χ2v) is 5.46. The lowest BCUT2D eigenvalue weighted by Crippen LogP contribution is -2.44. The highest BCUT2D eigenvalue weighted by Gasteiger charge is 2.17. The number of nitrogens with zero attached hydrogens (tertiary/aromatic N) is 2. The molecule has 1 fully saturated rings. The standard InChI is InChI=1S/C13H15FN2S/c1-15-4-6-16(7-5-15)12-9-17-13-8-10(14)2-3-11(12)13/h2-3,8-9H,4-7H2,1H3. The van der Waals surface area contributed by atoms with Crippen molar-refractivity contribution < 1.29 is 4.39 Å². The average molecular weight is 250 g/mol. The van der Waals surface area contributed by atoms with Crippen LogP contribution in [0.25, 0.3) is 10.1 Å². The van der Waals surface area contributed by atoms with Crippen molar-refractivity contribution in [3.8, 4) is 0 Å². The Kier molecular flexibility index (Phi) is 2.76. The number of fused-ring (bicyclic) bond motifs is 1. The summed E-state index contributed by atoms with van der Waals surface area (Å²) in [6, 6.07) is 5.07. The van der Waals surface area contributed by atoms with Gasteiger partial charge in [0.25, 0.3) is 0 Å². The first kappa shape index (κ1) is 11.0. The largest absolute Gasteiger partial charge is 0.368 e. The van der Waals surface area contributed by atoms with E-state index in [2.05, 4.69) is 22.2 Å². The van der Waals surface area contributed by atoms with Crippen LogP contribution in [0.2, 0.25) is 0 Å². The Morgan fingerprint density at radius 2 is 1.94 bits per heavy atom. The molecule has 1 aromatic heterocycles. The molecule has 0 unspecified atom stereocenters. The van der Waals surface area contributed by atoms with Crippen LogP contribution in [0.3, 0.4) is 0 Å². The normalized spacial score (nSPS) is 17.9. The van der Waals surface area contributed by atoms with E-state index in [-0.39, 0.29) is 5.82 Å². The summed E-state index contributed by atoms with van der Waals surface area (Å²) in [6.07, 6.45) is 0. The summed E-state index contributed by atoms with van der Waals surface area (Å²) >= 11 is 1.63. The van der Waals surface area contributed by atoms with E-state index in [1.807, 2.05) is 6.07 Å². The van der Waals surface area contributed by atoms with Crippen molar-refractivity contribution in [1.29, 1.82) is 0 Å². The van der Waals surface area contributed by atoms with Crippen LogP contribution < -0.4 is 4.90 Å². The predicted molar refractivity (Wildman–Crippen MR) is 71.5 cm³/mol. The first-order chi connectivity index (χ1) is 8.24. The second kappa shape index (κ2) is 4.27. The molecule has 2 nitrogen and oxygen atoms in total. The van der Waals surface area contributed by atoms with E-state index in [1.165, 1.54) is 11.1 Å². The van der Waals surface area contributed by atoms with Gasteiger partial charge >= 0.3 is 0 Å². The van der Waals surface area contributed by atoms with Crippen molar-refractivity contribution >= 4 is 27.1 Å². The monoisotopic (exact) mass is 250 g/mol. The van der Waals surface area contributed by atoms with Crippen LogP contribution in [0.4, 0.5) is 10.1 Å². The SMILES string of the molecule is CN1CCN(c2csc3cc(F)ccc23)CC1. The van der Waals surface area contributed by atoms with Crippen molar-refractivity contribution in [2.75, 3.05) is 38.1 Å². The summed E-state index contributed by atoms with van der Waals surface area (Å²) in [5, 5.41) is 3.33. The zero-order chi connectivity index (χ0) is 11.8. The van der Waals surface area contributed by atoms with Crippen LogP contribution in [0, 0.1) is 5.82 Å². The molecule has 3 rings (SSSR count). The number of hydrogen-bond acceptors (Lipinski definition) is 3. The first-order valence-electron chi connectivity index (χ1n) is 5.84. The Morgan fingerprint density at radius 3 is 2.71 bits per heavy atom. The molecule has 0 atom stereocenters. The van der Waals surface area contributed by atoms with Crippen molar-refractivity contribution in [1.82, 2.24) is 4.90 Å². The van der Waals surface area contributed by atoms with Crippen LogP contribution in [0.5, 0.6) is 0 Å². The third kappa shape index (κ3) is 2.03. The minimum Gasteiger partial charge on any atom is -0.368 e. The second-order valence-electron chi connectivity index (χ2n) is 4.55. The number of hydrogen-bond donors (Lipinski definition) is 0. The van der Waals surface area contributed by atoms with Gasteiger partial charge in [-0.2, -0.15) is 0 Å². The van der Waals surface area contributed by atoms with Crippen LogP contribution >= 0.6 is 11.3 Å². The number of halogens is 1. The van der Waals surface area contributed by atoms with Gasteiger partial charge in [-0.3, -0.25) is 0 Å². The van der Waals surface area contributed by atoms with E-state index >= 15 is 0 Å². The molecular weight excluding hydrogens is 235 g/mol. The number of likely N-dealkylation sites (N-methyl/N-ethyl adjacent to an activating group) is 1. The number of benzene rings is 1. The zero-order valence-electron chi connectivity index (χ0n) is 9.82. The van der Waals surface area contributed by atoms with Gasteiger partial charge in [0.05, 0.1) is 5.69 Å². The van der Waals surface area contributed by atoms with Gasteiger partial charge in [-0.1, -0.05) is 0 Å². The summed E-state index contributed by atoms with van der Waals surface area (Å²) in [5.41, 5.74) is 1.26. The molecule has 1 saturated heterocycles. The molecule has 0 spiro atoms. The molecule has 0 aliphatic carbocycles.